The van der Waals surface area contributed by atoms with E-state index >= 15 is 0 Å². The van der Waals surface area contributed by atoms with Crippen LogP contribution in [0.15, 0.2) is 36.4 Å². The SMILES string of the molecule is CN(C)C1CCCCC1.c1ccccc1. The molecule has 0 radical (unpaired) electrons. The van der Waals surface area contributed by atoms with Crippen LogP contribution in [-0.4, -0.2) is 25.0 Å². The highest BCUT2D eigenvalue weighted by Crippen LogP contribution is 2.20. The molecule has 1 aromatic carbocycles. The predicted octanol–water partition coefficient (Wildman–Crippen LogP) is 3.57. The van der Waals surface area contributed by atoms with Crippen LogP contribution in [0, 0.1) is 0 Å². The van der Waals surface area contributed by atoms with E-state index < -0.39 is 0 Å². The van der Waals surface area contributed by atoms with E-state index in [4.69, 9.17) is 0 Å². The van der Waals surface area contributed by atoms with Gasteiger partial charge < -0.3 is 4.90 Å². The number of hydrogen-bond donors (Lipinski definition) is 0. The molecule has 1 aliphatic carbocycles. The summed E-state index contributed by atoms with van der Waals surface area (Å²) in [6.45, 7) is 0. The number of rotatable bonds is 1. The second-order valence-electron chi connectivity index (χ2n) is 4.41. The molecule has 2 rings (SSSR count). The third-order valence-electron chi connectivity index (χ3n) is 2.97. The van der Waals surface area contributed by atoms with Crippen LogP contribution < -0.4 is 0 Å². The average molecular weight is 205 g/mol. The third-order valence-corrected chi connectivity index (χ3v) is 2.97. The van der Waals surface area contributed by atoms with Gasteiger partial charge in [0.1, 0.15) is 0 Å². The van der Waals surface area contributed by atoms with Gasteiger partial charge in [0.25, 0.3) is 0 Å². The van der Waals surface area contributed by atoms with Gasteiger partial charge in [-0.3, -0.25) is 0 Å². The lowest BCUT2D eigenvalue weighted by molar-refractivity contribution is 0.229. The van der Waals surface area contributed by atoms with E-state index in [1.807, 2.05) is 36.4 Å². The van der Waals surface area contributed by atoms with Gasteiger partial charge in [-0.25, -0.2) is 0 Å². The van der Waals surface area contributed by atoms with Gasteiger partial charge in [0, 0.05) is 6.04 Å². The van der Waals surface area contributed by atoms with Crippen LogP contribution in [0.1, 0.15) is 32.1 Å². The summed E-state index contributed by atoms with van der Waals surface area (Å²) in [6, 6.07) is 12.9. The monoisotopic (exact) mass is 205 g/mol. The van der Waals surface area contributed by atoms with Crippen LogP contribution in [0.2, 0.25) is 0 Å². The highest BCUT2D eigenvalue weighted by Gasteiger charge is 2.13. The maximum Gasteiger partial charge on any atom is 0.00891 e. The van der Waals surface area contributed by atoms with Crippen LogP contribution in [0.4, 0.5) is 0 Å². The molecule has 0 unspecified atom stereocenters. The number of nitrogens with zero attached hydrogens (tertiary/aromatic N) is 1. The van der Waals surface area contributed by atoms with Gasteiger partial charge in [0.05, 0.1) is 0 Å². The molecule has 1 aliphatic rings. The smallest absolute Gasteiger partial charge is 0.00891 e. The molecule has 1 fully saturated rings. The molecule has 0 saturated heterocycles. The minimum absolute atomic E-state index is 0.888. The molecule has 1 aromatic rings. The minimum Gasteiger partial charge on any atom is -0.306 e. The highest BCUT2D eigenvalue weighted by molar-refractivity contribution is 4.99. The van der Waals surface area contributed by atoms with Crippen molar-refractivity contribution in [2.75, 3.05) is 14.1 Å². The normalized spacial score (nSPS) is 17.0. The van der Waals surface area contributed by atoms with Crippen molar-refractivity contribution in [1.82, 2.24) is 4.90 Å². The molecule has 0 amide bonds. The maximum atomic E-state index is 2.36. The molecule has 0 aliphatic heterocycles. The van der Waals surface area contributed by atoms with Crippen LogP contribution in [0.25, 0.3) is 0 Å². The number of benzene rings is 1. The standard InChI is InChI=1S/C8H17N.C6H6/c1-9(2)8-6-4-3-5-7-8;1-2-4-6-5-3-1/h8H,3-7H2,1-2H3;1-6H. The van der Waals surface area contributed by atoms with E-state index in [0.29, 0.717) is 0 Å². The van der Waals surface area contributed by atoms with Crippen LogP contribution in [0.5, 0.6) is 0 Å². The molecule has 84 valence electrons. The summed E-state index contributed by atoms with van der Waals surface area (Å²) in [5, 5.41) is 0. The summed E-state index contributed by atoms with van der Waals surface area (Å²) in [5.74, 6) is 0. The van der Waals surface area contributed by atoms with Gasteiger partial charge in [-0.2, -0.15) is 0 Å². The Morgan fingerprint density at radius 1 is 0.733 bits per heavy atom. The van der Waals surface area contributed by atoms with Crippen molar-refractivity contribution in [3.63, 3.8) is 0 Å². The first kappa shape index (κ1) is 12.3. The zero-order chi connectivity index (χ0) is 10.9. The fourth-order valence-corrected chi connectivity index (χ4v) is 1.98. The molecule has 1 saturated carbocycles. The lowest BCUT2D eigenvalue weighted by Crippen LogP contribution is -2.29. The van der Waals surface area contributed by atoms with E-state index in [-0.39, 0.29) is 0 Å². The first-order valence-corrected chi connectivity index (χ1v) is 5.97. The fourth-order valence-electron chi connectivity index (χ4n) is 1.98. The minimum atomic E-state index is 0.888. The summed E-state index contributed by atoms with van der Waals surface area (Å²) in [7, 11) is 4.38. The molecular formula is C14H23N. The van der Waals surface area contributed by atoms with Crippen molar-refractivity contribution in [3.05, 3.63) is 36.4 Å². The van der Waals surface area contributed by atoms with E-state index in [1.54, 1.807) is 0 Å². The Morgan fingerprint density at radius 3 is 1.40 bits per heavy atom. The van der Waals surface area contributed by atoms with Gasteiger partial charge in [-0.1, -0.05) is 55.7 Å². The molecule has 0 spiro atoms. The van der Waals surface area contributed by atoms with Gasteiger partial charge in [0.15, 0.2) is 0 Å². The van der Waals surface area contributed by atoms with Crippen molar-refractivity contribution in [2.24, 2.45) is 0 Å². The Morgan fingerprint density at radius 2 is 1.13 bits per heavy atom. The highest BCUT2D eigenvalue weighted by atomic mass is 15.1. The Hall–Kier alpha value is -0.820. The van der Waals surface area contributed by atoms with E-state index in [9.17, 15) is 0 Å². The lowest BCUT2D eigenvalue weighted by Gasteiger charge is -2.27. The van der Waals surface area contributed by atoms with Crippen molar-refractivity contribution < 1.29 is 0 Å². The van der Waals surface area contributed by atoms with Gasteiger partial charge in [-0.05, 0) is 26.9 Å². The second kappa shape index (κ2) is 7.47. The van der Waals surface area contributed by atoms with Gasteiger partial charge in [-0.15, -0.1) is 0 Å². The average Bonchev–Trinajstić information content (AvgIpc) is 2.33. The first-order valence-electron chi connectivity index (χ1n) is 5.97. The summed E-state index contributed by atoms with van der Waals surface area (Å²) in [5.41, 5.74) is 0. The summed E-state index contributed by atoms with van der Waals surface area (Å²) >= 11 is 0. The van der Waals surface area contributed by atoms with Crippen LogP contribution >= 0.6 is 0 Å². The van der Waals surface area contributed by atoms with E-state index in [2.05, 4.69) is 19.0 Å². The molecule has 0 N–H and O–H groups in total. The summed E-state index contributed by atoms with van der Waals surface area (Å²) in [6.07, 6.45) is 7.20. The molecule has 0 aromatic heterocycles. The fraction of sp³-hybridized carbons (Fsp3) is 0.571. The molecular weight excluding hydrogens is 182 g/mol. The largest absolute Gasteiger partial charge is 0.306 e. The molecule has 15 heavy (non-hydrogen) atoms. The zero-order valence-electron chi connectivity index (χ0n) is 10.0. The Kier molecular flexibility index (Phi) is 6.10. The Bertz CT molecular complexity index is 198. The summed E-state index contributed by atoms with van der Waals surface area (Å²) in [4.78, 5) is 2.36. The van der Waals surface area contributed by atoms with E-state index in [0.717, 1.165) is 6.04 Å². The molecule has 0 heterocycles. The van der Waals surface area contributed by atoms with Crippen molar-refractivity contribution in [1.29, 1.82) is 0 Å². The Labute approximate surface area is 94.1 Å². The molecule has 0 bridgehead atoms. The maximum absolute atomic E-state index is 2.36. The predicted molar refractivity (Wildman–Crippen MR) is 67.0 cm³/mol. The molecule has 0 atom stereocenters. The second-order valence-corrected chi connectivity index (χ2v) is 4.41. The van der Waals surface area contributed by atoms with Crippen LogP contribution in [0.3, 0.4) is 0 Å². The third kappa shape index (κ3) is 5.58. The van der Waals surface area contributed by atoms with Gasteiger partial charge in [0.2, 0.25) is 0 Å². The van der Waals surface area contributed by atoms with Crippen molar-refractivity contribution >= 4 is 0 Å². The lowest BCUT2D eigenvalue weighted by atomic mass is 9.95. The Balaban J connectivity index is 0.000000162. The first-order chi connectivity index (χ1) is 7.30. The van der Waals surface area contributed by atoms with Crippen molar-refractivity contribution in [3.8, 4) is 0 Å². The van der Waals surface area contributed by atoms with Crippen LogP contribution in [-0.2, 0) is 0 Å². The van der Waals surface area contributed by atoms with E-state index in [1.165, 1.54) is 32.1 Å². The summed E-state index contributed by atoms with van der Waals surface area (Å²) < 4.78 is 0. The topological polar surface area (TPSA) is 3.24 Å². The van der Waals surface area contributed by atoms with Crippen molar-refractivity contribution in [2.45, 2.75) is 38.1 Å². The number of hydrogen-bond acceptors (Lipinski definition) is 1. The quantitative estimate of drug-likeness (QED) is 0.677. The zero-order valence-corrected chi connectivity index (χ0v) is 10.0. The molecule has 1 heteroatoms. The molecule has 1 nitrogen and oxygen atoms in total. The van der Waals surface area contributed by atoms with Gasteiger partial charge >= 0.3 is 0 Å².